The molecule has 0 aliphatic carbocycles. The van der Waals surface area contributed by atoms with Crippen molar-refractivity contribution < 1.29 is 22.8 Å². The molecule has 2 aromatic rings. The Bertz CT molecular complexity index is 777. The first-order chi connectivity index (χ1) is 12.4. The van der Waals surface area contributed by atoms with E-state index in [0.29, 0.717) is 13.1 Å². The van der Waals surface area contributed by atoms with Gasteiger partial charge in [-0.1, -0.05) is 0 Å². The van der Waals surface area contributed by atoms with Crippen molar-refractivity contribution >= 4 is 11.8 Å². The van der Waals surface area contributed by atoms with Crippen LogP contribution < -0.4 is 5.32 Å². The van der Waals surface area contributed by atoms with Crippen molar-refractivity contribution in [3.63, 3.8) is 0 Å². The lowest BCUT2D eigenvalue weighted by atomic mass is 10.2. The highest BCUT2D eigenvalue weighted by Crippen LogP contribution is 2.24. The first-order valence-corrected chi connectivity index (χ1v) is 8.39. The molecule has 1 N–H and O–H groups in total. The molecule has 2 rings (SSSR count). The lowest BCUT2D eigenvalue weighted by molar-refractivity contribution is -0.135. The van der Waals surface area contributed by atoms with Crippen molar-refractivity contribution in [2.45, 2.75) is 26.7 Å². The van der Waals surface area contributed by atoms with Gasteiger partial charge in [0.25, 0.3) is 0 Å². The van der Waals surface area contributed by atoms with Crippen LogP contribution in [-0.4, -0.2) is 41.3 Å². The minimum Gasteiger partial charge on any atom is -0.441 e. The molecule has 1 aromatic carbocycles. The molecule has 140 valence electrons. The number of aryl methyl sites for hydroxylation is 1. The van der Waals surface area contributed by atoms with Gasteiger partial charge < -0.3 is 14.6 Å². The van der Waals surface area contributed by atoms with Gasteiger partial charge in [0.15, 0.2) is 11.7 Å². The predicted octanol–water partition coefficient (Wildman–Crippen LogP) is 2.54. The van der Waals surface area contributed by atoms with E-state index in [1.807, 2.05) is 0 Å². The number of benzene rings is 1. The number of nitrogens with one attached hydrogen (secondary N) is 1. The minimum absolute atomic E-state index is 0.000791. The second-order valence-corrected chi connectivity index (χ2v) is 5.60. The van der Waals surface area contributed by atoms with Crippen molar-refractivity contribution in [3.05, 3.63) is 41.9 Å². The Balaban J connectivity index is 1.96. The molecule has 0 saturated heterocycles. The summed E-state index contributed by atoms with van der Waals surface area (Å²) in [6.07, 6.45) is 1.66. The van der Waals surface area contributed by atoms with Gasteiger partial charge in [0.2, 0.25) is 11.8 Å². The van der Waals surface area contributed by atoms with Crippen molar-refractivity contribution in [1.82, 2.24) is 15.2 Å². The number of carbonyl (C=O) groups excluding carboxylic acids is 2. The fraction of sp³-hybridized carbons (Fsp3) is 0.389. The van der Waals surface area contributed by atoms with Gasteiger partial charge in [-0.05, 0) is 26.0 Å². The molecule has 1 aromatic heterocycles. The lowest BCUT2D eigenvalue weighted by Crippen LogP contribution is -2.40. The van der Waals surface area contributed by atoms with Crippen LogP contribution in [-0.2, 0) is 16.0 Å². The van der Waals surface area contributed by atoms with Gasteiger partial charge in [-0.25, -0.2) is 13.8 Å². The standard InChI is InChI=1S/C18H21F2N3O3/c1-3-21-16(24)11-23(4-2)18(25)8-7-17-22-10-15(26-17)13-6-5-12(19)9-14(13)20/h5-6,9-10H,3-4,7-8,11H2,1-2H3,(H,21,24). The maximum atomic E-state index is 13.8. The molecule has 1 heterocycles. The van der Waals surface area contributed by atoms with Crippen LogP contribution >= 0.6 is 0 Å². The number of rotatable bonds is 8. The summed E-state index contributed by atoms with van der Waals surface area (Å²) in [6, 6.07) is 3.16. The molecule has 0 aliphatic heterocycles. The first-order valence-electron chi connectivity index (χ1n) is 8.39. The largest absolute Gasteiger partial charge is 0.441 e. The van der Waals surface area contributed by atoms with Crippen molar-refractivity contribution in [2.24, 2.45) is 0 Å². The van der Waals surface area contributed by atoms with E-state index in [0.717, 1.165) is 12.1 Å². The highest BCUT2D eigenvalue weighted by Gasteiger charge is 2.17. The fourth-order valence-electron chi connectivity index (χ4n) is 2.41. The average molecular weight is 365 g/mol. The molecular weight excluding hydrogens is 344 g/mol. The number of hydrogen-bond donors (Lipinski definition) is 1. The van der Waals surface area contributed by atoms with Gasteiger partial charge >= 0.3 is 0 Å². The number of nitrogens with zero attached hydrogens (tertiary/aromatic N) is 2. The van der Waals surface area contributed by atoms with E-state index in [9.17, 15) is 18.4 Å². The van der Waals surface area contributed by atoms with Gasteiger partial charge in [-0.15, -0.1) is 0 Å². The van der Waals surface area contributed by atoms with Gasteiger partial charge in [0, 0.05) is 32.0 Å². The third kappa shape index (κ3) is 5.11. The number of hydrogen-bond acceptors (Lipinski definition) is 4. The SMILES string of the molecule is CCNC(=O)CN(CC)C(=O)CCc1ncc(-c2ccc(F)cc2F)o1. The smallest absolute Gasteiger partial charge is 0.239 e. The van der Waals surface area contributed by atoms with Crippen LogP contribution in [0.25, 0.3) is 11.3 Å². The number of likely N-dealkylation sites (N-methyl/N-ethyl adjacent to an activating group) is 2. The van der Waals surface area contributed by atoms with E-state index < -0.39 is 11.6 Å². The number of oxazole rings is 1. The van der Waals surface area contributed by atoms with Gasteiger partial charge in [0.05, 0.1) is 18.3 Å². The molecule has 26 heavy (non-hydrogen) atoms. The molecule has 0 fully saturated rings. The van der Waals surface area contributed by atoms with E-state index >= 15 is 0 Å². The number of amides is 2. The molecule has 0 unspecified atom stereocenters. The summed E-state index contributed by atoms with van der Waals surface area (Å²) in [5.41, 5.74) is 0.0999. The Morgan fingerprint density at radius 3 is 2.69 bits per heavy atom. The summed E-state index contributed by atoms with van der Waals surface area (Å²) in [5, 5.41) is 2.64. The van der Waals surface area contributed by atoms with Crippen LogP contribution in [0.2, 0.25) is 0 Å². The van der Waals surface area contributed by atoms with Gasteiger partial charge in [-0.2, -0.15) is 0 Å². The monoisotopic (exact) mass is 365 g/mol. The van der Waals surface area contributed by atoms with Crippen LogP contribution in [0.5, 0.6) is 0 Å². The summed E-state index contributed by atoms with van der Waals surface area (Å²) in [6.45, 7) is 4.51. The predicted molar refractivity (Wildman–Crippen MR) is 91.1 cm³/mol. The van der Waals surface area contributed by atoms with E-state index in [1.54, 1.807) is 13.8 Å². The van der Waals surface area contributed by atoms with Crippen molar-refractivity contribution in [1.29, 1.82) is 0 Å². The number of carbonyl (C=O) groups is 2. The molecule has 2 amide bonds. The molecule has 6 nitrogen and oxygen atoms in total. The molecule has 0 saturated carbocycles. The van der Waals surface area contributed by atoms with Crippen LogP contribution in [0.1, 0.15) is 26.2 Å². The molecule has 0 atom stereocenters. The van der Waals surface area contributed by atoms with E-state index in [4.69, 9.17) is 4.42 Å². The second-order valence-electron chi connectivity index (χ2n) is 5.60. The highest BCUT2D eigenvalue weighted by molar-refractivity contribution is 5.84. The third-order valence-corrected chi connectivity index (χ3v) is 3.75. The number of aromatic nitrogens is 1. The van der Waals surface area contributed by atoms with E-state index in [1.165, 1.54) is 17.2 Å². The second kappa shape index (κ2) is 9.07. The van der Waals surface area contributed by atoms with Crippen LogP contribution in [0.3, 0.4) is 0 Å². The molecule has 0 aliphatic rings. The summed E-state index contributed by atoms with van der Waals surface area (Å²) in [7, 11) is 0. The molecule has 8 heteroatoms. The Hall–Kier alpha value is -2.77. The fourth-order valence-corrected chi connectivity index (χ4v) is 2.41. The van der Waals surface area contributed by atoms with Crippen LogP contribution in [0.15, 0.2) is 28.8 Å². The number of halogens is 2. The van der Waals surface area contributed by atoms with E-state index in [-0.39, 0.29) is 48.4 Å². The molecule has 0 bridgehead atoms. The van der Waals surface area contributed by atoms with E-state index in [2.05, 4.69) is 10.3 Å². The Kier molecular flexibility index (Phi) is 6.82. The zero-order chi connectivity index (χ0) is 19.1. The zero-order valence-corrected chi connectivity index (χ0v) is 14.7. The Morgan fingerprint density at radius 2 is 2.04 bits per heavy atom. The van der Waals surface area contributed by atoms with Crippen LogP contribution in [0.4, 0.5) is 8.78 Å². The van der Waals surface area contributed by atoms with Gasteiger partial charge in [0.1, 0.15) is 11.6 Å². The summed E-state index contributed by atoms with van der Waals surface area (Å²) >= 11 is 0. The van der Waals surface area contributed by atoms with Crippen molar-refractivity contribution in [3.8, 4) is 11.3 Å². The topological polar surface area (TPSA) is 75.4 Å². The Morgan fingerprint density at radius 1 is 1.27 bits per heavy atom. The third-order valence-electron chi connectivity index (χ3n) is 3.75. The Labute approximate surface area is 150 Å². The summed E-state index contributed by atoms with van der Waals surface area (Å²) in [5.74, 6) is -1.41. The van der Waals surface area contributed by atoms with Gasteiger partial charge in [-0.3, -0.25) is 9.59 Å². The van der Waals surface area contributed by atoms with Crippen LogP contribution in [0, 0.1) is 11.6 Å². The van der Waals surface area contributed by atoms with Crippen molar-refractivity contribution in [2.75, 3.05) is 19.6 Å². The average Bonchev–Trinajstić information content (AvgIpc) is 3.06. The minimum atomic E-state index is -0.747. The maximum absolute atomic E-state index is 13.8. The highest BCUT2D eigenvalue weighted by atomic mass is 19.1. The zero-order valence-electron chi connectivity index (χ0n) is 14.7. The quantitative estimate of drug-likeness (QED) is 0.780. The molecule has 0 spiro atoms. The summed E-state index contributed by atoms with van der Waals surface area (Å²) < 4.78 is 32.2. The first kappa shape index (κ1) is 19.6. The molecule has 0 radical (unpaired) electrons. The normalized spacial score (nSPS) is 10.6. The molecular formula is C18H21F2N3O3. The lowest BCUT2D eigenvalue weighted by Gasteiger charge is -2.19. The maximum Gasteiger partial charge on any atom is 0.239 e. The summed E-state index contributed by atoms with van der Waals surface area (Å²) in [4.78, 5) is 29.3.